The van der Waals surface area contributed by atoms with Crippen molar-refractivity contribution in [3.05, 3.63) is 77.3 Å². The van der Waals surface area contributed by atoms with E-state index >= 15 is 0 Å². The third-order valence-electron chi connectivity index (χ3n) is 5.09. The number of halogens is 1. The van der Waals surface area contributed by atoms with Gasteiger partial charge in [-0.15, -0.1) is 10.2 Å². The zero-order valence-corrected chi connectivity index (χ0v) is 20.5. The van der Waals surface area contributed by atoms with Gasteiger partial charge in [-0.05, 0) is 42.8 Å². The van der Waals surface area contributed by atoms with Gasteiger partial charge in [-0.3, -0.25) is 9.36 Å². The number of benzene rings is 3. The highest BCUT2D eigenvalue weighted by atomic mass is 35.5. The number of nitrogens with zero attached hydrogens (tertiary/aromatic N) is 3. The van der Waals surface area contributed by atoms with E-state index < -0.39 is 0 Å². The third-order valence-corrected chi connectivity index (χ3v) is 6.43. The molecule has 0 aliphatic carbocycles. The Bertz CT molecular complexity index is 1310. The zero-order valence-electron chi connectivity index (χ0n) is 18.9. The monoisotopic (exact) mass is 494 g/mol. The van der Waals surface area contributed by atoms with E-state index in [0.29, 0.717) is 33.2 Å². The summed E-state index contributed by atoms with van der Waals surface area (Å²) in [7, 11) is 3.12. The average molecular weight is 495 g/mol. The molecule has 0 saturated heterocycles. The second-order valence-electron chi connectivity index (χ2n) is 7.34. The molecule has 4 rings (SSSR count). The van der Waals surface area contributed by atoms with Crippen LogP contribution in [0.15, 0.2) is 71.9 Å². The number of methoxy groups -OCH3 is 2. The molecule has 174 valence electrons. The molecular formula is C25H23ClN4O3S. The summed E-state index contributed by atoms with van der Waals surface area (Å²) in [6.07, 6.45) is 0. The van der Waals surface area contributed by atoms with E-state index in [1.807, 2.05) is 60.0 Å². The first-order valence-corrected chi connectivity index (χ1v) is 11.8. The number of anilines is 1. The van der Waals surface area contributed by atoms with E-state index in [1.54, 1.807) is 32.4 Å². The van der Waals surface area contributed by atoms with Crippen molar-refractivity contribution < 1.29 is 14.3 Å². The van der Waals surface area contributed by atoms with Crippen LogP contribution in [-0.4, -0.2) is 40.6 Å². The molecule has 0 saturated carbocycles. The maximum absolute atomic E-state index is 12.8. The molecule has 1 aromatic heterocycles. The van der Waals surface area contributed by atoms with Crippen LogP contribution in [0.1, 0.15) is 5.56 Å². The largest absolute Gasteiger partial charge is 0.497 e. The van der Waals surface area contributed by atoms with Crippen LogP contribution in [0.2, 0.25) is 5.02 Å². The number of carbonyl (C=O) groups is 1. The Balaban J connectivity index is 1.60. The molecule has 0 spiro atoms. The minimum atomic E-state index is -0.209. The lowest BCUT2D eigenvalue weighted by molar-refractivity contribution is -0.113. The van der Waals surface area contributed by atoms with Gasteiger partial charge in [-0.2, -0.15) is 0 Å². The molecular weight excluding hydrogens is 472 g/mol. The van der Waals surface area contributed by atoms with Crippen molar-refractivity contribution in [2.24, 2.45) is 0 Å². The minimum absolute atomic E-state index is 0.125. The first-order chi connectivity index (χ1) is 16.5. The molecule has 0 bridgehead atoms. The summed E-state index contributed by atoms with van der Waals surface area (Å²) < 4.78 is 12.5. The van der Waals surface area contributed by atoms with Crippen LogP contribution < -0.4 is 14.8 Å². The van der Waals surface area contributed by atoms with Gasteiger partial charge in [0.2, 0.25) is 5.91 Å². The predicted octanol–water partition coefficient (Wildman–Crippen LogP) is 5.64. The highest BCUT2D eigenvalue weighted by Crippen LogP contribution is 2.32. The Hall–Kier alpha value is -3.49. The normalized spacial score (nSPS) is 10.7. The molecule has 0 aliphatic heterocycles. The van der Waals surface area contributed by atoms with Gasteiger partial charge in [-0.25, -0.2) is 0 Å². The van der Waals surface area contributed by atoms with Crippen LogP contribution in [0, 0.1) is 6.92 Å². The first kappa shape index (κ1) is 23.7. The van der Waals surface area contributed by atoms with Crippen molar-refractivity contribution in [1.29, 1.82) is 0 Å². The minimum Gasteiger partial charge on any atom is -0.497 e. The fourth-order valence-electron chi connectivity index (χ4n) is 3.32. The van der Waals surface area contributed by atoms with Gasteiger partial charge in [-0.1, -0.05) is 53.7 Å². The molecule has 0 radical (unpaired) electrons. The number of thioether (sulfide) groups is 1. The van der Waals surface area contributed by atoms with Crippen LogP contribution in [0.3, 0.4) is 0 Å². The zero-order chi connectivity index (χ0) is 24.1. The van der Waals surface area contributed by atoms with E-state index in [1.165, 1.54) is 11.8 Å². The van der Waals surface area contributed by atoms with Crippen LogP contribution in [-0.2, 0) is 4.79 Å². The highest BCUT2D eigenvalue weighted by molar-refractivity contribution is 7.99. The number of ether oxygens (including phenoxy) is 2. The highest BCUT2D eigenvalue weighted by Gasteiger charge is 2.18. The molecule has 34 heavy (non-hydrogen) atoms. The van der Waals surface area contributed by atoms with Gasteiger partial charge >= 0.3 is 0 Å². The summed E-state index contributed by atoms with van der Waals surface area (Å²) in [5.41, 5.74) is 3.24. The van der Waals surface area contributed by atoms with Crippen molar-refractivity contribution in [3.63, 3.8) is 0 Å². The summed E-state index contributed by atoms with van der Waals surface area (Å²) in [6, 6.07) is 20.8. The summed E-state index contributed by atoms with van der Waals surface area (Å²) in [5, 5.41) is 12.9. The Morgan fingerprint density at radius 3 is 2.53 bits per heavy atom. The number of amides is 1. The molecule has 0 atom stereocenters. The van der Waals surface area contributed by atoms with Gasteiger partial charge < -0.3 is 14.8 Å². The van der Waals surface area contributed by atoms with Crippen molar-refractivity contribution in [3.8, 4) is 28.6 Å². The SMILES string of the molecule is COc1ccc(OC)c(NC(=O)CSc2nnc(-c3ccc(C)c(Cl)c3)n2-c2ccccc2)c1. The van der Waals surface area contributed by atoms with E-state index in [9.17, 15) is 4.79 Å². The first-order valence-electron chi connectivity index (χ1n) is 10.4. The maximum Gasteiger partial charge on any atom is 0.234 e. The number of aryl methyl sites for hydroxylation is 1. The number of hydrogen-bond donors (Lipinski definition) is 1. The second kappa shape index (κ2) is 10.6. The van der Waals surface area contributed by atoms with E-state index in [2.05, 4.69) is 15.5 Å². The number of carbonyl (C=O) groups excluding carboxylic acids is 1. The molecule has 9 heteroatoms. The quantitative estimate of drug-likeness (QED) is 0.319. The Labute approximate surface area is 207 Å². The predicted molar refractivity (Wildman–Crippen MR) is 135 cm³/mol. The molecule has 0 unspecified atom stereocenters. The maximum atomic E-state index is 12.8. The number of nitrogens with one attached hydrogen (secondary N) is 1. The number of hydrogen-bond acceptors (Lipinski definition) is 6. The molecule has 0 aliphatic rings. The molecule has 1 N–H and O–H groups in total. The van der Waals surface area contributed by atoms with Crippen molar-refractivity contribution >= 4 is 35.0 Å². The van der Waals surface area contributed by atoms with E-state index in [0.717, 1.165) is 16.8 Å². The summed E-state index contributed by atoms with van der Waals surface area (Å²) in [6.45, 7) is 1.95. The third kappa shape index (κ3) is 5.18. The van der Waals surface area contributed by atoms with E-state index in [4.69, 9.17) is 21.1 Å². The fraction of sp³-hybridized carbons (Fsp3) is 0.160. The summed E-state index contributed by atoms with van der Waals surface area (Å²) >= 11 is 7.65. The molecule has 4 aromatic rings. The smallest absolute Gasteiger partial charge is 0.234 e. The lowest BCUT2D eigenvalue weighted by atomic mass is 10.1. The van der Waals surface area contributed by atoms with Gasteiger partial charge in [0.05, 0.1) is 25.7 Å². The summed E-state index contributed by atoms with van der Waals surface area (Å²) in [5.74, 6) is 1.73. The lowest BCUT2D eigenvalue weighted by Gasteiger charge is -2.12. The molecule has 1 amide bonds. The number of rotatable bonds is 8. The van der Waals surface area contributed by atoms with E-state index in [-0.39, 0.29) is 11.7 Å². The van der Waals surface area contributed by atoms with Gasteiger partial charge in [0.15, 0.2) is 11.0 Å². The lowest BCUT2D eigenvalue weighted by Crippen LogP contribution is -2.15. The Morgan fingerprint density at radius 1 is 1.03 bits per heavy atom. The van der Waals surface area contributed by atoms with Crippen molar-refractivity contribution in [2.75, 3.05) is 25.3 Å². The van der Waals surface area contributed by atoms with Crippen LogP contribution in [0.4, 0.5) is 5.69 Å². The molecule has 7 nitrogen and oxygen atoms in total. The van der Waals surface area contributed by atoms with Crippen LogP contribution >= 0.6 is 23.4 Å². The standard InChI is InChI=1S/C25H23ClN4O3S/c1-16-9-10-17(13-20(16)26)24-28-29-25(30(24)18-7-5-4-6-8-18)34-15-23(31)27-21-14-19(32-2)11-12-22(21)33-3/h4-14H,15H2,1-3H3,(H,27,31). The fourth-order valence-corrected chi connectivity index (χ4v) is 4.25. The molecule has 3 aromatic carbocycles. The average Bonchev–Trinajstić information content (AvgIpc) is 3.29. The topological polar surface area (TPSA) is 78.3 Å². The number of para-hydroxylation sites is 1. The second-order valence-corrected chi connectivity index (χ2v) is 8.69. The van der Waals surface area contributed by atoms with Crippen molar-refractivity contribution in [1.82, 2.24) is 14.8 Å². The van der Waals surface area contributed by atoms with Gasteiger partial charge in [0.25, 0.3) is 0 Å². The van der Waals surface area contributed by atoms with Gasteiger partial charge in [0.1, 0.15) is 11.5 Å². The van der Waals surface area contributed by atoms with Crippen LogP contribution in [0.5, 0.6) is 11.5 Å². The van der Waals surface area contributed by atoms with Crippen molar-refractivity contribution in [2.45, 2.75) is 12.1 Å². The van der Waals surface area contributed by atoms with Gasteiger partial charge in [0, 0.05) is 22.3 Å². The Kier molecular flexibility index (Phi) is 7.40. The molecule has 0 fully saturated rings. The Morgan fingerprint density at radius 2 is 1.82 bits per heavy atom. The van der Waals surface area contributed by atoms with Crippen LogP contribution in [0.25, 0.3) is 17.1 Å². The molecule has 1 heterocycles. The number of aromatic nitrogens is 3. The summed E-state index contributed by atoms with van der Waals surface area (Å²) in [4.78, 5) is 12.8.